The van der Waals surface area contributed by atoms with E-state index in [0.29, 0.717) is 17.4 Å². The molecule has 0 rings (SSSR count). The minimum atomic E-state index is -4.70. The first kappa shape index (κ1) is 65.7. The summed E-state index contributed by atoms with van der Waals surface area (Å²) >= 11 is 0. The molecule has 0 spiro atoms. The van der Waals surface area contributed by atoms with Gasteiger partial charge in [-0.05, 0) is 89.5 Å². The number of phosphoric acid groups is 1. The molecular formula is C58H107N2O7P. The van der Waals surface area contributed by atoms with Crippen LogP contribution in [0.1, 0.15) is 245 Å². The average molecular weight is 975 g/mol. The highest BCUT2D eigenvalue weighted by atomic mass is 31.2. The van der Waals surface area contributed by atoms with Crippen LogP contribution in [0.3, 0.4) is 0 Å². The number of allylic oxidation sites excluding steroid dienone is 9. The Hall–Kier alpha value is -2.29. The van der Waals surface area contributed by atoms with Gasteiger partial charge in [0.25, 0.3) is 7.82 Å². The molecule has 68 heavy (non-hydrogen) atoms. The zero-order valence-corrected chi connectivity index (χ0v) is 45.9. The van der Waals surface area contributed by atoms with Crippen molar-refractivity contribution in [2.45, 2.75) is 258 Å². The fourth-order valence-electron chi connectivity index (χ4n) is 7.82. The number of likely N-dealkylation sites (N-methyl/N-ethyl adjacent to an activating group) is 1. The molecule has 0 saturated heterocycles. The second kappa shape index (κ2) is 48.3. The van der Waals surface area contributed by atoms with Gasteiger partial charge in [0.05, 0.1) is 33.8 Å². The van der Waals surface area contributed by atoms with E-state index < -0.39 is 26.6 Å². The number of carbonyl (C=O) groups is 2. The predicted octanol–water partition coefficient (Wildman–Crippen LogP) is 16.1. The van der Waals surface area contributed by atoms with Crippen LogP contribution in [0.2, 0.25) is 0 Å². The van der Waals surface area contributed by atoms with Gasteiger partial charge in [0.2, 0.25) is 5.91 Å². The molecule has 0 aliphatic carbocycles. The van der Waals surface area contributed by atoms with Crippen LogP contribution in [0.15, 0.2) is 60.8 Å². The maximum Gasteiger partial charge on any atom is 0.306 e. The number of quaternary nitrogens is 1. The number of ether oxygens (including phenoxy) is 1. The molecule has 0 heterocycles. The Morgan fingerprint density at radius 1 is 0.529 bits per heavy atom. The minimum Gasteiger partial charge on any atom is -0.756 e. The third kappa shape index (κ3) is 48.7. The molecule has 0 fully saturated rings. The Labute approximate surface area is 420 Å². The van der Waals surface area contributed by atoms with E-state index in [1.54, 1.807) is 0 Å². The Morgan fingerprint density at radius 3 is 1.43 bits per heavy atom. The standard InChI is InChI=1S/C58H107N2O7P/c1-7-10-13-16-19-22-25-27-29-30-31-33-36-39-42-45-48-51-58(62)67-56(49-46-43-40-37-34-24-21-18-15-12-9-3)55(54-66-68(63,64)65-53-52-60(4,5)6)59-57(61)50-47-44-41-38-35-32-28-26-23-20-17-14-11-8-2/h11,14,20,23,27-29,32,46,49,55-56H,7-10,12-13,15-19,21-22,24-26,30-31,33-45,47-48,50-54H2,1-6H3,(H-,59,61,63,64)/b14-11+,23-20+,29-27+,32-28+,49-46+. The summed E-state index contributed by atoms with van der Waals surface area (Å²) in [5, 5.41) is 3.00. The lowest BCUT2D eigenvalue weighted by Gasteiger charge is -2.30. The van der Waals surface area contributed by atoms with Crippen LogP contribution in [0.5, 0.6) is 0 Å². The smallest absolute Gasteiger partial charge is 0.306 e. The summed E-state index contributed by atoms with van der Waals surface area (Å²) in [6.45, 7) is 6.69. The molecule has 0 aliphatic heterocycles. The summed E-state index contributed by atoms with van der Waals surface area (Å²) in [5.74, 6) is -0.572. The molecule has 0 aromatic rings. The largest absolute Gasteiger partial charge is 0.756 e. The molecule has 0 aromatic carbocycles. The van der Waals surface area contributed by atoms with Crippen LogP contribution in [0.4, 0.5) is 0 Å². The number of unbranched alkanes of at least 4 members (excludes halogenated alkanes) is 26. The van der Waals surface area contributed by atoms with Gasteiger partial charge in [0, 0.05) is 12.8 Å². The molecule has 0 aromatic heterocycles. The molecule has 3 unspecified atom stereocenters. The third-order valence-corrected chi connectivity index (χ3v) is 13.1. The van der Waals surface area contributed by atoms with Gasteiger partial charge in [-0.25, -0.2) is 0 Å². The van der Waals surface area contributed by atoms with Gasteiger partial charge in [-0.1, -0.05) is 204 Å². The molecule has 0 aliphatic rings. The van der Waals surface area contributed by atoms with E-state index in [0.717, 1.165) is 96.3 Å². The Morgan fingerprint density at radius 2 is 0.941 bits per heavy atom. The predicted molar refractivity (Wildman–Crippen MR) is 289 cm³/mol. The number of nitrogens with zero attached hydrogens (tertiary/aromatic N) is 1. The second-order valence-corrected chi connectivity index (χ2v) is 21.5. The van der Waals surface area contributed by atoms with Crippen molar-refractivity contribution >= 4 is 19.7 Å². The molecule has 0 saturated carbocycles. The molecule has 0 radical (unpaired) electrons. The Bertz CT molecular complexity index is 1350. The lowest BCUT2D eigenvalue weighted by Crippen LogP contribution is -2.47. The lowest BCUT2D eigenvalue weighted by atomic mass is 10.1. The molecule has 9 nitrogen and oxygen atoms in total. The van der Waals surface area contributed by atoms with Gasteiger partial charge in [0.15, 0.2) is 0 Å². The molecule has 3 atom stereocenters. The Kier molecular flexibility index (Phi) is 46.7. The number of phosphoric ester groups is 1. The zero-order chi connectivity index (χ0) is 50.1. The fourth-order valence-corrected chi connectivity index (χ4v) is 8.55. The third-order valence-electron chi connectivity index (χ3n) is 12.2. The average Bonchev–Trinajstić information content (AvgIpc) is 3.29. The van der Waals surface area contributed by atoms with Crippen molar-refractivity contribution in [3.05, 3.63) is 60.8 Å². The van der Waals surface area contributed by atoms with Gasteiger partial charge in [-0.3, -0.25) is 14.2 Å². The van der Waals surface area contributed by atoms with E-state index in [2.05, 4.69) is 74.7 Å². The normalized spacial score (nSPS) is 14.3. The fraction of sp³-hybridized carbons (Fsp3) is 0.793. The van der Waals surface area contributed by atoms with E-state index in [9.17, 15) is 19.0 Å². The van der Waals surface area contributed by atoms with Crippen molar-refractivity contribution in [1.29, 1.82) is 0 Å². The van der Waals surface area contributed by atoms with Gasteiger partial charge < -0.3 is 28.5 Å². The number of hydrogen-bond acceptors (Lipinski definition) is 7. The van der Waals surface area contributed by atoms with Crippen molar-refractivity contribution in [2.75, 3.05) is 40.9 Å². The summed E-state index contributed by atoms with van der Waals surface area (Å²) in [4.78, 5) is 39.8. The second-order valence-electron chi connectivity index (χ2n) is 20.1. The van der Waals surface area contributed by atoms with Crippen LogP contribution in [0, 0.1) is 0 Å². The van der Waals surface area contributed by atoms with E-state index in [-0.39, 0.29) is 31.3 Å². The van der Waals surface area contributed by atoms with Crippen LogP contribution in [0.25, 0.3) is 0 Å². The van der Waals surface area contributed by atoms with Crippen molar-refractivity contribution in [3.63, 3.8) is 0 Å². The first-order valence-corrected chi connectivity index (χ1v) is 29.6. The van der Waals surface area contributed by atoms with Crippen LogP contribution < -0.4 is 10.2 Å². The quantitative estimate of drug-likeness (QED) is 0.0212. The highest BCUT2D eigenvalue weighted by Gasteiger charge is 2.27. The van der Waals surface area contributed by atoms with Gasteiger partial charge >= 0.3 is 5.97 Å². The summed E-state index contributed by atoms with van der Waals surface area (Å²) < 4.78 is 30.2. The lowest BCUT2D eigenvalue weighted by molar-refractivity contribution is -0.870. The number of esters is 1. The number of amides is 1. The molecular weight excluding hydrogens is 868 g/mol. The Balaban J connectivity index is 5.36. The van der Waals surface area contributed by atoms with Gasteiger partial charge in [-0.15, -0.1) is 0 Å². The molecule has 10 heteroatoms. The first-order valence-electron chi connectivity index (χ1n) is 28.1. The number of hydrogen-bond donors (Lipinski definition) is 1. The highest BCUT2D eigenvalue weighted by molar-refractivity contribution is 7.45. The summed E-state index contributed by atoms with van der Waals surface area (Å²) in [7, 11) is 1.16. The van der Waals surface area contributed by atoms with E-state index in [1.165, 1.54) is 109 Å². The molecule has 1 N–H and O–H groups in total. The topological polar surface area (TPSA) is 114 Å². The van der Waals surface area contributed by atoms with E-state index >= 15 is 0 Å². The monoisotopic (exact) mass is 975 g/mol. The van der Waals surface area contributed by atoms with Crippen LogP contribution >= 0.6 is 7.82 Å². The first-order chi connectivity index (χ1) is 32.9. The maximum atomic E-state index is 13.4. The SMILES string of the molecule is CC/C=C/C/C=C/C/C=C/CCCCCCC(=O)NC(COP(=O)([O-])OCC[N+](C)(C)C)C(/C=C/CCCCCCCCCCC)OC(=O)CCCCCCCCC/C=C/CCCCCCCC. The van der Waals surface area contributed by atoms with Gasteiger partial charge in [0.1, 0.15) is 19.3 Å². The molecule has 1 amide bonds. The summed E-state index contributed by atoms with van der Waals surface area (Å²) in [6.07, 6.45) is 59.0. The van der Waals surface area contributed by atoms with E-state index in [1.807, 2.05) is 33.3 Å². The zero-order valence-electron chi connectivity index (χ0n) is 45.1. The van der Waals surface area contributed by atoms with Crippen molar-refractivity contribution in [1.82, 2.24) is 5.32 Å². The number of nitrogens with one attached hydrogen (secondary N) is 1. The molecule has 396 valence electrons. The van der Waals surface area contributed by atoms with Crippen LogP contribution in [-0.2, 0) is 27.9 Å². The van der Waals surface area contributed by atoms with Crippen LogP contribution in [-0.4, -0.2) is 69.4 Å². The maximum absolute atomic E-state index is 13.4. The summed E-state index contributed by atoms with van der Waals surface area (Å²) in [5.41, 5.74) is 0. The van der Waals surface area contributed by atoms with Gasteiger partial charge in [-0.2, -0.15) is 0 Å². The minimum absolute atomic E-state index is 0.0289. The highest BCUT2D eigenvalue weighted by Crippen LogP contribution is 2.38. The van der Waals surface area contributed by atoms with Crippen molar-refractivity contribution < 1.29 is 37.3 Å². The number of rotatable bonds is 50. The van der Waals surface area contributed by atoms with Crippen molar-refractivity contribution in [2.24, 2.45) is 0 Å². The number of carbonyl (C=O) groups excluding carboxylic acids is 2. The molecule has 0 bridgehead atoms. The summed E-state index contributed by atoms with van der Waals surface area (Å²) in [6, 6.07) is -0.901. The van der Waals surface area contributed by atoms with Crippen molar-refractivity contribution in [3.8, 4) is 0 Å². The van der Waals surface area contributed by atoms with E-state index in [4.69, 9.17) is 13.8 Å².